The molecule has 16 heteroatoms. The van der Waals surface area contributed by atoms with Gasteiger partial charge in [0.15, 0.2) is 0 Å². The van der Waals surface area contributed by atoms with E-state index in [9.17, 15) is 40.0 Å². The largest absolute Gasteiger partial charge is 0.462 e. The molecule has 0 radical (unpaired) electrons. The summed E-state index contributed by atoms with van der Waals surface area (Å²) < 4.78 is 23.6. The zero-order valence-corrected chi connectivity index (χ0v) is 42.4. The summed E-state index contributed by atoms with van der Waals surface area (Å²) in [5.74, 6) is -3.85. The number of hydrogen-bond donors (Lipinski definition) is 4. The van der Waals surface area contributed by atoms with E-state index < -0.39 is 62.6 Å². The van der Waals surface area contributed by atoms with E-state index in [-0.39, 0.29) is 89.5 Å². The van der Waals surface area contributed by atoms with Crippen molar-refractivity contribution in [1.82, 2.24) is 20.3 Å². The Morgan fingerprint density at radius 1 is 0.448 bits per heavy atom. The Kier molecular flexibility index (Phi) is 14.1. The van der Waals surface area contributed by atoms with Gasteiger partial charge in [-0.25, -0.2) is 19.2 Å². The van der Waals surface area contributed by atoms with Crippen molar-refractivity contribution in [2.75, 3.05) is 26.4 Å². The van der Waals surface area contributed by atoms with Crippen LogP contribution >= 0.6 is 0 Å². The van der Waals surface area contributed by atoms with E-state index in [1.807, 2.05) is 104 Å². The molecule has 4 aliphatic heterocycles. The zero-order chi connectivity index (χ0) is 50.2. The van der Waals surface area contributed by atoms with Gasteiger partial charge in [0.2, 0.25) is 0 Å². The van der Waals surface area contributed by atoms with Crippen molar-refractivity contribution >= 4 is 23.9 Å². The van der Waals surface area contributed by atoms with Crippen LogP contribution in [0.3, 0.4) is 0 Å². The molecular formula is C51H76N4O12. The maximum atomic E-state index is 14.1. The van der Waals surface area contributed by atoms with Crippen LogP contribution in [0.2, 0.25) is 0 Å². The molecule has 4 fully saturated rings. The summed E-state index contributed by atoms with van der Waals surface area (Å²) in [6.45, 7) is 28.3. The van der Waals surface area contributed by atoms with Crippen LogP contribution in [-0.2, 0) is 18.9 Å². The number of rotatable bonds is 13. The smallest absolute Gasteiger partial charge is 0.338 e. The minimum absolute atomic E-state index is 0.00659. The third kappa shape index (κ3) is 10.1. The first-order valence-electron chi connectivity index (χ1n) is 23.6. The lowest BCUT2D eigenvalue weighted by Crippen LogP contribution is -2.47. The molecule has 67 heavy (non-hydrogen) atoms. The van der Waals surface area contributed by atoms with Crippen molar-refractivity contribution in [3.8, 4) is 11.1 Å². The van der Waals surface area contributed by atoms with Crippen molar-refractivity contribution in [1.29, 1.82) is 0 Å². The van der Waals surface area contributed by atoms with Crippen LogP contribution in [0.5, 0.6) is 0 Å². The molecule has 4 heterocycles. The maximum Gasteiger partial charge on any atom is 0.338 e. The molecule has 0 amide bonds. The van der Waals surface area contributed by atoms with Crippen molar-refractivity contribution in [2.45, 2.75) is 174 Å². The fraction of sp³-hybridized carbons (Fsp3) is 0.686. The Balaban J connectivity index is 1.36. The van der Waals surface area contributed by atoms with Gasteiger partial charge >= 0.3 is 23.9 Å². The summed E-state index contributed by atoms with van der Waals surface area (Å²) in [7, 11) is 0. The van der Waals surface area contributed by atoms with E-state index in [0.717, 1.165) is 0 Å². The van der Waals surface area contributed by atoms with E-state index in [1.54, 1.807) is 0 Å². The van der Waals surface area contributed by atoms with Gasteiger partial charge in [-0.3, -0.25) is 0 Å². The molecular weight excluding hydrogens is 861 g/mol. The van der Waals surface area contributed by atoms with Crippen LogP contribution in [0, 0.1) is 23.7 Å². The second kappa shape index (κ2) is 18.1. The van der Waals surface area contributed by atoms with Crippen LogP contribution in [-0.4, -0.2) is 136 Å². The normalized spacial score (nSPS) is 28.3. The maximum absolute atomic E-state index is 14.1. The highest BCUT2D eigenvalue weighted by Gasteiger charge is 2.54. The Labute approximate surface area is 396 Å². The molecule has 0 aromatic heterocycles. The SMILES string of the molecule is CC1CC(COC(=O)c2cc(C(=O)OCC3CC(C)(C)N(O)C3(C)C)cc(-c3cc(C(=O)OCC4CC(C)(C)N(O)C4(C)C)cc(C(=O)OCC4CC(C)(C)N(O)C4(C)C)c3)c2)C(C)(C)N1O. The summed E-state index contributed by atoms with van der Waals surface area (Å²) in [6, 6.07) is 8.69. The van der Waals surface area contributed by atoms with Crippen LogP contribution in [0.4, 0.5) is 0 Å². The molecule has 2 aromatic carbocycles. The predicted molar refractivity (Wildman–Crippen MR) is 248 cm³/mol. The Bertz CT molecular complexity index is 2160. The zero-order valence-electron chi connectivity index (χ0n) is 42.4. The fourth-order valence-electron chi connectivity index (χ4n) is 11.4. The van der Waals surface area contributed by atoms with E-state index in [4.69, 9.17) is 18.9 Å². The van der Waals surface area contributed by atoms with Gasteiger partial charge in [-0.1, -0.05) is 0 Å². The highest BCUT2D eigenvalue weighted by Crippen LogP contribution is 2.46. The second-order valence-corrected chi connectivity index (χ2v) is 23.8. The number of benzene rings is 2. The molecule has 16 nitrogen and oxygen atoms in total. The van der Waals surface area contributed by atoms with Gasteiger partial charge in [-0.05, 0) is 177 Å². The molecule has 0 aliphatic carbocycles. The van der Waals surface area contributed by atoms with Crippen molar-refractivity contribution in [2.24, 2.45) is 23.7 Å². The van der Waals surface area contributed by atoms with E-state index in [0.29, 0.717) is 25.7 Å². The molecule has 4 N–H and O–H groups in total. The van der Waals surface area contributed by atoms with Crippen molar-refractivity contribution < 1.29 is 59.0 Å². The summed E-state index contributed by atoms with van der Waals surface area (Å²) in [5.41, 5.74) is -3.89. The number of carbonyl (C=O) groups excluding carboxylic acids is 4. The first kappa shape index (κ1) is 52.4. The van der Waals surface area contributed by atoms with Crippen molar-refractivity contribution in [3.05, 3.63) is 58.7 Å². The highest BCUT2D eigenvalue weighted by atomic mass is 16.6. The summed E-state index contributed by atoms with van der Waals surface area (Å²) >= 11 is 0. The number of ether oxygens (including phenoxy) is 4. The lowest BCUT2D eigenvalue weighted by atomic mass is 9.88. The van der Waals surface area contributed by atoms with Gasteiger partial charge in [0, 0.05) is 68.5 Å². The van der Waals surface area contributed by atoms with Gasteiger partial charge in [0.25, 0.3) is 0 Å². The number of nitrogens with zero attached hydrogens (tertiary/aromatic N) is 4. The Hall–Kier alpha value is -4.00. The molecule has 2 aromatic rings. The van der Waals surface area contributed by atoms with Gasteiger partial charge in [-0.2, -0.15) is 20.3 Å². The van der Waals surface area contributed by atoms with E-state index in [2.05, 4.69) is 0 Å². The lowest BCUT2D eigenvalue weighted by Gasteiger charge is -2.35. The minimum Gasteiger partial charge on any atom is -0.462 e. The summed E-state index contributed by atoms with van der Waals surface area (Å²) in [4.78, 5) is 56.3. The molecule has 4 saturated heterocycles. The predicted octanol–water partition coefficient (Wildman–Crippen LogP) is 8.66. The van der Waals surface area contributed by atoms with Crippen molar-refractivity contribution in [3.63, 3.8) is 0 Å². The van der Waals surface area contributed by atoms with Crippen LogP contribution < -0.4 is 0 Å². The minimum atomic E-state index is -0.739. The number of carbonyl (C=O) groups is 4. The molecule has 5 unspecified atom stereocenters. The third-order valence-electron chi connectivity index (χ3n) is 16.0. The molecule has 0 spiro atoms. The lowest BCUT2D eigenvalue weighted by molar-refractivity contribution is -0.198. The van der Waals surface area contributed by atoms with Crippen LogP contribution in [0.15, 0.2) is 36.4 Å². The van der Waals surface area contributed by atoms with Crippen LogP contribution in [0.25, 0.3) is 11.1 Å². The summed E-state index contributed by atoms with van der Waals surface area (Å²) in [5, 5.41) is 48.6. The van der Waals surface area contributed by atoms with Crippen LogP contribution in [0.1, 0.15) is 171 Å². The highest BCUT2D eigenvalue weighted by molar-refractivity contribution is 6.00. The molecule has 6 rings (SSSR count). The number of hydroxylamine groups is 8. The Morgan fingerprint density at radius 2 is 0.701 bits per heavy atom. The molecule has 4 aliphatic rings. The first-order valence-corrected chi connectivity index (χ1v) is 23.6. The molecule has 372 valence electrons. The topological polar surface area (TPSA) is 199 Å². The van der Waals surface area contributed by atoms with Gasteiger partial charge in [0.1, 0.15) is 0 Å². The third-order valence-corrected chi connectivity index (χ3v) is 16.0. The first-order chi connectivity index (χ1) is 30.6. The molecule has 0 saturated carbocycles. The van der Waals surface area contributed by atoms with Gasteiger partial charge in [-0.15, -0.1) is 0 Å². The number of hydrogen-bond acceptors (Lipinski definition) is 16. The van der Waals surface area contributed by atoms with Gasteiger partial charge < -0.3 is 39.8 Å². The fourth-order valence-corrected chi connectivity index (χ4v) is 11.4. The second-order valence-electron chi connectivity index (χ2n) is 23.8. The van der Waals surface area contributed by atoms with Gasteiger partial charge in [0.05, 0.1) is 48.7 Å². The average molecular weight is 937 g/mol. The monoisotopic (exact) mass is 937 g/mol. The van der Waals surface area contributed by atoms with E-state index >= 15 is 0 Å². The summed E-state index contributed by atoms with van der Waals surface area (Å²) in [6.07, 6.45) is 2.23. The van der Waals surface area contributed by atoms with E-state index in [1.165, 1.54) is 56.7 Å². The molecule has 5 atom stereocenters. The standard InChI is InChI=1S/C51H76N4O12/c1-30-16-37(48(8,9)52(30)60)26-64-41(56)33-17-31(18-34(21-33)42(57)65-27-38-23-45(2,3)53(61)49(38,10)11)32-19-35(43(58)66-28-39-24-46(4,5)54(62)50(39,12)13)22-36(20-32)44(59)67-29-40-25-47(6,7)55(63)51(40,14)15/h17-22,30,37-40,60-63H,16,23-29H2,1-15H3. The Morgan fingerprint density at radius 3 is 0.910 bits per heavy atom. The average Bonchev–Trinajstić information content (AvgIpc) is 3.70. The quantitative estimate of drug-likeness (QED) is 0.110. The number of esters is 4. The molecule has 0 bridgehead atoms.